The number of nitrogens with two attached hydrogens (primary N) is 1. The zero-order chi connectivity index (χ0) is 15.8. The molecule has 0 aliphatic rings. The average molecular weight is 286 g/mol. The van der Waals surface area contributed by atoms with E-state index in [-0.39, 0.29) is 17.6 Å². The van der Waals surface area contributed by atoms with Gasteiger partial charge in [0.15, 0.2) is 0 Å². The summed E-state index contributed by atoms with van der Waals surface area (Å²) in [5.74, 6) is -0.175. The summed E-state index contributed by atoms with van der Waals surface area (Å²) >= 11 is 0. The van der Waals surface area contributed by atoms with Gasteiger partial charge in [-0.05, 0) is 32.0 Å². The van der Waals surface area contributed by atoms with Crippen LogP contribution in [0.2, 0.25) is 0 Å². The Balaban J connectivity index is 0.000000235. The van der Waals surface area contributed by atoms with E-state index >= 15 is 0 Å². The van der Waals surface area contributed by atoms with Gasteiger partial charge in [-0.2, -0.15) is 4.99 Å². The van der Waals surface area contributed by atoms with E-state index in [1.54, 1.807) is 12.1 Å². The maximum Gasteiger partial charge on any atom is 0.244 e. The molecule has 0 aliphatic heterocycles. The molecule has 3 nitrogen and oxygen atoms in total. The average Bonchev–Trinajstić information content (AvgIpc) is 2.42. The highest BCUT2D eigenvalue weighted by Gasteiger charge is 1.98. The molecular formula is C17H19FN2O. The fourth-order valence-corrected chi connectivity index (χ4v) is 1.57. The molecule has 0 aliphatic carbocycles. The van der Waals surface area contributed by atoms with E-state index in [2.05, 4.69) is 4.99 Å². The summed E-state index contributed by atoms with van der Waals surface area (Å²) in [4.78, 5) is 14.3. The van der Waals surface area contributed by atoms with Gasteiger partial charge in [0, 0.05) is 12.5 Å². The van der Waals surface area contributed by atoms with Gasteiger partial charge in [-0.1, -0.05) is 41.5 Å². The fraction of sp³-hybridized carbons (Fsp3) is 0.176. The van der Waals surface area contributed by atoms with E-state index in [4.69, 9.17) is 5.73 Å². The lowest BCUT2D eigenvalue weighted by molar-refractivity contribution is -0.115. The Morgan fingerprint density at radius 2 is 1.67 bits per heavy atom. The van der Waals surface area contributed by atoms with Crippen molar-refractivity contribution in [2.24, 2.45) is 10.7 Å². The lowest BCUT2D eigenvalue weighted by atomic mass is 10.1. The van der Waals surface area contributed by atoms with Crippen LogP contribution in [0.1, 0.15) is 23.6 Å². The second kappa shape index (κ2) is 7.94. The molecule has 0 radical (unpaired) electrons. The molecule has 2 N–H and O–H groups in total. The predicted molar refractivity (Wildman–Crippen MR) is 83.7 cm³/mol. The molecule has 0 saturated carbocycles. The summed E-state index contributed by atoms with van der Waals surface area (Å²) < 4.78 is 12.1. The Kier molecular flexibility index (Phi) is 6.27. The minimum absolute atomic E-state index is 0.171. The third kappa shape index (κ3) is 6.47. The van der Waals surface area contributed by atoms with Crippen LogP contribution in [0, 0.1) is 19.7 Å². The highest BCUT2D eigenvalue weighted by Crippen LogP contribution is 2.03. The molecule has 0 bridgehead atoms. The van der Waals surface area contributed by atoms with Crippen molar-refractivity contribution in [2.75, 3.05) is 0 Å². The third-order valence-corrected chi connectivity index (χ3v) is 2.60. The molecule has 2 aromatic carbocycles. The maximum absolute atomic E-state index is 12.1. The van der Waals surface area contributed by atoms with Crippen LogP contribution >= 0.6 is 0 Å². The van der Waals surface area contributed by atoms with E-state index in [9.17, 15) is 9.18 Å². The first-order valence-corrected chi connectivity index (χ1v) is 6.52. The number of amidine groups is 1. The number of amides is 1. The lowest BCUT2D eigenvalue weighted by Crippen LogP contribution is -2.14. The van der Waals surface area contributed by atoms with Crippen molar-refractivity contribution in [2.45, 2.75) is 20.8 Å². The molecule has 0 atom stereocenters. The van der Waals surface area contributed by atoms with Crippen molar-refractivity contribution in [1.82, 2.24) is 0 Å². The van der Waals surface area contributed by atoms with Crippen molar-refractivity contribution in [3.05, 3.63) is 71.0 Å². The van der Waals surface area contributed by atoms with E-state index < -0.39 is 0 Å². The summed E-state index contributed by atoms with van der Waals surface area (Å²) in [6, 6.07) is 14.0. The number of aliphatic imine (C=N–C) groups is 1. The van der Waals surface area contributed by atoms with Gasteiger partial charge in [0.25, 0.3) is 0 Å². The van der Waals surface area contributed by atoms with Gasteiger partial charge >= 0.3 is 0 Å². The van der Waals surface area contributed by atoms with Gasteiger partial charge in [0.2, 0.25) is 5.91 Å². The summed E-state index contributed by atoms with van der Waals surface area (Å²) in [6.07, 6.45) is 0. The van der Waals surface area contributed by atoms with Crippen molar-refractivity contribution in [3.63, 3.8) is 0 Å². The molecule has 0 fully saturated rings. The number of aryl methyl sites for hydroxylation is 2. The Morgan fingerprint density at radius 3 is 2.14 bits per heavy atom. The number of benzene rings is 2. The van der Waals surface area contributed by atoms with Crippen molar-refractivity contribution in [3.8, 4) is 0 Å². The highest BCUT2D eigenvalue weighted by molar-refractivity contribution is 6.03. The maximum atomic E-state index is 12.1. The summed E-state index contributed by atoms with van der Waals surface area (Å²) in [5, 5.41) is 0. The van der Waals surface area contributed by atoms with Crippen molar-refractivity contribution in [1.29, 1.82) is 0 Å². The first-order chi connectivity index (χ1) is 9.88. The quantitative estimate of drug-likeness (QED) is 0.645. The monoisotopic (exact) mass is 286 g/mol. The summed E-state index contributed by atoms with van der Waals surface area (Å²) in [7, 11) is 0. The number of rotatable bonds is 1. The molecule has 0 saturated heterocycles. The zero-order valence-electron chi connectivity index (χ0n) is 12.4. The molecule has 0 heterocycles. The van der Waals surface area contributed by atoms with E-state index in [0.717, 1.165) is 16.7 Å². The Bertz CT molecular complexity index is 612. The van der Waals surface area contributed by atoms with Gasteiger partial charge in [-0.15, -0.1) is 0 Å². The topological polar surface area (TPSA) is 55.5 Å². The van der Waals surface area contributed by atoms with Crippen LogP contribution in [0.3, 0.4) is 0 Å². The minimum Gasteiger partial charge on any atom is -0.383 e. The molecule has 0 unspecified atom stereocenters. The van der Waals surface area contributed by atoms with Gasteiger partial charge in [0.05, 0.1) is 0 Å². The van der Waals surface area contributed by atoms with Crippen LogP contribution in [0.4, 0.5) is 4.39 Å². The largest absolute Gasteiger partial charge is 0.383 e. The number of hydrogen-bond donors (Lipinski definition) is 1. The second-order valence-corrected chi connectivity index (χ2v) is 4.68. The molecule has 1 amide bonds. The normalized spacial score (nSPS) is 10.6. The van der Waals surface area contributed by atoms with Crippen molar-refractivity contribution >= 4 is 11.7 Å². The molecule has 21 heavy (non-hydrogen) atoms. The third-order valence-electron chi connectivity index (χ3n) is 2.60. The summed E-state index contributed by atoms with van der Waals surface area (Å²) in [5.41, 5.74) is 8.57. The molecule has 2 rings (SSSR count). The van der Waals surface area contributed by atoms with E-state index in [1.807, 2.05) is 38.1 Å². The first kappa shape index (κ1) is 16.6. The van der Waals surface area contributed by atoms with E-state index in [0.29, 0.717) is 0 Å². The first-order valence-electron chi connectivity index (χ1n) is 6.52. The Labute approximate surface area is 124 Å². The lowest BCUT2D eigenvalue weighted by Gasteiger charge is -2.00. The van der Waals surface area contributed by atoms with Gasteiger partial charge in [-0.25, -0.2) is 4.39 Å². The van der Waals surface area contributed by atoms with Crippen LogP contribution in [0.5, 0.6) is 0 Å². The van der Waals surface area contributed by atoms with Gasteiger partial charge in [-0.3, -0.25) is 4.79 Å². The smallest absolute Gasteiger partial charge is 0.244 e. The van der Waals surface area contributed by atoms with E-state index in [1.165, 1.54) is 19.1 Å². The molecule has 0 spiro atoms. The fourth-order valence-electron chi connectivity index (χ4n) is 1.57. The SMILES string of the molecule is CC(=O)N=C(N)c1cccc(C)c1.Cc1ccc(F)cc1. The molecule has 2 aromatic rings. The predicted octanol–water partition coefficient (Wildman–Crippen LogP) is 3.38. The number of halogens is 1. The molecular weight excluding hydrogens is 267 g/mol. The van der Waals surface area contributed by atoms with Crippen LogP contribution in [-0.4, -0.2) is 11.7 Å². The van der Waals surface area contributed by atoms with Crippen molar-refractivity contribution < 1.29 is 9.18 Å². The molecule has 110 valence electrons. The minimum atomic E-state index is -0.279. The van der Waals surface area contributed by atoms with Crippen LogP contribution in [0.25, 0.3) is 0 Å². The number of carbonyl (C=O) groups is 1. The number of nitrogens with zero attached hydrogens (tertiary/aromatic N) is 1. The standard InChI is InChI=1S/C10H12N2O.C7H7F/c1-7-4-3-5-9(6-7)10(11)12-8(2)13;1-6-2-4-7(8)5-3-6/h3-6H,1-2H3,(H2,11,12,13);2-5H,1H3. The number of hydrogen-bond acceptors (Lipinski definition) is 1. The Hall–Kier alpha value is -2.49. The number of carbonyl (C=O) groups excluding carboxylic acids is 1. The second-order valence-electron chi connectivity index (χ2n) is 4.68. The van der Waals surface area contributed by atoms with Crippen LogP contribution in [0.15, 0.2) is 53.5 Å². The summed E-state index contributed by atoms with van der Waals surface area (Å²) in [6.45, 7) is 5.27. The highest BCUT2D eigenvalue weighted by atomic mass is 19.1. The van der Waals surface area contributed by atoms with Crippen LogP contribution < -0.4 is 5.73 Å². The van der Waals surface area contributed by atoms with Crippen LogP contribution in [-0.2, 0) is 4.79 Å². The molecule has 4 heteroatoms. The zero-order valence-corrected chi connectivity index (χ0v) is 12.4. The Morgan fingerprint density at radius 1 is 1.05 bits per heavy atom. The van der Waals surface area contributed by atoms with Gasteiger partial charge < -0.3 is 5.73 Å². The molecule has 0 aromatic heterocycles. The van der Waals surface area contributed by atoms with Gasteiger partial charge in [0.1, 0.15) is 11.7 Å².